The Morgan fingerprint density at radius 1 is 1.12 bits per heavy atom. The van der Waals surface area contributed by atoms with E-state index in [9.17, 15) is 5.26 Å². The first-order valence-electron chi connectivity index (χ1n) is 7.70. The van der Waals surface area contributed by atoms with E-state index in [1.54, 1.807) is 7.11 Å². The maximum absolute atomic E-state index is 9.46. The molecule has 2 aromatic rings. The summed E-state index contributed by atoms with van der Waals surface area (Å²) >= 11 is 1.47. The number of nitriles is 1. The van der Waals surface area contributed by atoms with Crippen molar-refractivity contribution in [2.75, 3.05) is 49.3 Å². The highest BCUT2D eigenvalue weighted by atomic mass is 32.2. The molecule has 1 aliphatic rings. The van der Waals surface area contributed by atoms with Gasteiger partial charge >= 0.3 is 0 Å². The lowest BCUT2D eigenvalue weighted by Crippen LogP contribution is -2.47. The molecule has 1 aliphatic heterocycles. The third kappa shape index (κ3) is 3.10. The van der Waals surface area contributed by atoms with Crippen LogP contribution in [0.4, 0.5) is 11.5 Å². The fourth-order valence-electron chi connectivity index (χ4n) is 2.90. The molecule has 1 saturated heterocycles. The van der Waals surface area contributed by atoms with Gasteiger partial charge in [-0.3, -0.25) is 0 Å². The minimum atomic E-state index is 0.566. The number of nitrogens with zero attached hydrogens (tertiary/aromatic N) is 5. The summed E-state index contributed by atoms with van der Waals surface area (Å²) in [5.74, 6) is 1.62. The minimum absolute atomic E-state index is 0.566. The molecule has 0 amide bonds. The number of anilines is 2. The van der Waals surface area contributed by atoms with Crippen LogP contribution in [-0.2, 0) is 0 Å². The van der Waals surface area contributed by atoms with Gasteiger partial charge in [-0.1, -0.05) is 12.1 Å². The predicted molar refractivity (Wildman–Crippen MR) is 95.9 cm³/mol. The normalized spacial score (nSPS) is 14.4. The molecule has 0 unspecified atom stereocenters. The van der Waals surface area contributed by atoms with Crippen LogP contribution in [0.1, 0.15) is 5.56 Å². The van der Waals surface area contributed by atoms with Gasteiger partial charge in [0.15, 0.2) is 5.82 Å². The van der Waals surface area contributed by atoms with E-state index in [2.05, 4.69) is 31.9 Å². The number of ether oxygens (including phenoxy) is 1. The fourth-order valence-corrected chi connectivity index (χ4v) is 3.40. The summed E-state index contributed by atoms with van der Waals surface area (Å²) in [5, 5.41) is 10.2. The highest BCUT2D eigenvalue weighted by molar-refractivity contribution is 7.98. The number of thioether (sulfide) groups is 1. The molecule has 0 atom stereocenters. The molecule has 24 heavy (non-hydrogen) atoms. The van der Waals surface area contributed by atoms with Crippen LogP contribution >= 0.6 is 11.8 Å². The zero-order chi connectivity index (χ0) is 16.9. The smallest absolute Gasteiger partial charge is 0.151 e. The molecule has 0 radical (unpaired) electrons. The zero-order valence-corrected chi connectivity index (χ0v) is 14.6. The second kappa shape index (κ2) is 7.41. The van der Waals surface area contributed by atoms with E-state index in [1.807, 2.05) is 24.5 Å². The van der Waals surface area contributed by atoms with Crippen LogP contribution in [0.25, 0.3) is 0 Å². The van der Waals surface area contributed by atoms with Crippen LogP contribution in [0.5, 0.6) is 5.75 Å². The van der Waals surface area contributed by atoms with Crippen molar-refractivity contribution >= 4 is 23.3 Å². The average Bonchev–Trinajstić information content (AvgIpc) is 2.67. The van der Waals surface area contributed by atoms with E-state index in [-0.39, 0.29) is 0 Å². The molecule has 0 aliphatic carbocycles. The lowest BCUT2D eigenvalue weighted by molar-refractivity contribution is 0.413. The number of rotatable bonds is 4. The minimum Gasteiger partial charge on any atom is -0.495 e. The molecule has 2 heterocycles. The Morgan fingerprint density at radius 3 is 2.50 bits per heavy atom. The lowest BCUT2D eigenvalue weighted by atomic mass is 10.2. The molecule has 124 valence electrons. The Balaban J connectivity index is 1.78. The molecule has 0 spiro atoms. The van der Waals surface area contributed by atoms with Crippen molar-refractivity contribution in [3.63, 3.8) is 0 Å². The van der Waals surface area contributed by atoms with E-state index >= 15 is 0 Å². The molecular formula is C17H19N5OS. The number of piperazine rings is 1. The number of hydrogen-bond donors (Lipinski definition) is 0. The van der Waals surface area contributed by atoms with Crippen molar-refractivity contribution in [2.45, 2.75) is 5.03 Å². The van der Waals surface area contributed by atoms with Gasteiger partial charge in [0.2, 0.25) is 0 Å². The summed E-state index contributed by atoms with van der Waals surface area (Å²) in [6.07, 6.45) is 3.46. The molecule has 0 saturated carbocycles. The monoisotopic (exact) mass is 341 g/mol. The largest absolute Gasteiger partial charge is 0.495 e. The van der Waals surface area contributed by atoms with Gasteiger partial charge < -0.3 is 14.5 Å². The Morgan fingerprint density at radius 2 is 1.83 bits per heavy atom. The van der Waals surface area contributed by atoms with Gasteiger partial charge in [0.1, 0.15) is 28.7 Å². The third-order valence-electron chi connectivity index (χ3n) is 4.10. The van der Waals surface area contributed by atoms with E-state index < -0.39 is 0 Å². The quantitative estimate of drug-likeness (QED) is 0.625. The van der Waals surface area contributed by atoms with Crippen molar-refractivity contribution in [1.29, 1.82) is 5.26 Å². The summed E-state index contributed by atoms with van der Waals surface area (Å²) in [5.41, 5.74) is 1.67. The van der Waals surface area contributed by atoms with Gasteiger partial charge in [-0.05, 0) is 18.4 Å². The SMILES string of the molecule is COc1ccccc1N1CCN(c2ncnc(SC)c2C#N)CC1. The van der Waals surface area contributed by atoms with Crippen molar-refractivity contribution in [3.8, 4) is 11.8 Å². The highest BCUT2D eigenvalue weighted by Crippen LogP contribution is 2.30. The molecule has 0 bridgehead atoms. The first-order chi connectivity index (χ1) is 11.8. The Kier molecular flexibility index (Phi) is 5.06. The summed E-state index contributed by atoms with van der Waals surface area (Å²) in [6.45, 7) is 3.31. The highest BCUT2D eigenvalue weighted by Gasteiger charge is 2.23. The molecule has 1 fully saturated rings. The Bertz CT molecular complexity index is 753. The number of benzene rings is 1. The topological polar surface area (TPSA) is 65.3 Å². The fraction of sp³-hybridized carbons (Fsp3) is 0.353. The molecular weight excluding hydrogens is 322 g/mol. The van der Waals surface area contributed by atoms with Crippen LogP contribution < -0.4 is 14.5 Å². The van der Waals surface area contributed by atoms with Crippen LogP contribution in [0, 0.1) is 11.3 Å². The van der Waals surface area contributed by atoms with Gasteiger partial charge in [-0.25, -0.2) is 9.97 Å². The van der Waals surface area contributed by atoms with Gasteiger partial charge in [0.05, 0.1) is 12.8 Å². The first-order valence-corrected chi connectivity index (χ1v) is 8.93. The van der Waals surface area contributed by atoms with E-state index in [0.29, 0.717) is 5.56 Å². The van der Waals surface area contributed by atoms with Crippen LogP contribution in [0.3, 0.4) is 0 Å². The van der Waals surface area contributed by atoms with Gasteiger partial charge in [-0.15, -0.1) is 11.8 Å². The predicted octanol–water partition coefficient (Wildman–Crippen LogP) is 2.41. The van der Waals surface area contributed by atoms with Crippen LogP contribution in [0.2, 0.25) is 0 Å². The van der Waals surface area contributed by atoms with Crippen molar-refractivity contribution in [1.82, 2.24) is 9.97 Å². The van der Waals surface area contributed by atoms with Gasteiger partial charge in [0, 0.05) is 26.2 Å². The molecule has 7 heteroatoms. The summed E-state index contributed by atoms with van der Waals surface area (Å²) in [7, 11) is 1.69. The van der Waals surface area contributed by atoms with Crippen molar-refractivity contribution < 1.29 is 4.74 Å². The second-order valence-electron chi connectivity index (χ2n) is 5.34. The maximum atomic E-state index is 9.46. The molecule has 6 nitrogen and oxygen atoms in total. The van der Waals surface area contributed by atoms with E-state index in [0.717, 1.165) is 48.5 Å². The van der Waals surface area contributed by atoms with Crippen LogP contribution in [0.15, 0.2) is 35.6 Å². The summed E-state index contributed by atoms with van der Waals surface area (Å²) in [6, 6.07) is 10.3. The average molecular weight is 341 g/mol. The van der Waals surface area contributed by atoms with Crippen molar-refractivity contribution in [3.05, 3.63) is 36.2 Å². The standard InChI is InChI=1S/C17H19N5OS/c1-23-15-6-4-3-5-14(15)21-7-9-22(10-8-21)16-13(11-18)17(24-2)20-12-19-16/h3-6,12H,7-10H2,1-2H3. The number of methoxy groups -OCH3 is 1. The lowest BCUT2D eigenvalue weighted by Gasteiger charge is -2.37. The van der Waals surface area contributed by atoms with Crippen molar-refractivity contribution in [2.24, 2.45) is 0 Å². The molecule has 1 aromatic carbocycles. The van der Waals surface area contributed by atoms with E-state index in [1.165, 1.54) is 18.1 Å². The number of para-hydroxylation sites is 2. The third-order valence-corrected chi connectivity index (χ3v) is 4.80. The second-order valence-corrected chi connectivity index (χ2v) is 6.13. The molecule has 3 rings (SSSR count). The number of aromatic nitrogens is 2. The summed E-state index contributed by atoms with van der Waals surface area (Å²) < 4.78 is 5.46. The van der Waals surface area contributed by atoms with Gasteiger partial charge in [-0.2, -0.15) is 5.26 Å². The summed E-state index contributed by atoms with van der Waals surface area (Å²) in [4.78, 5) is 13.0. The van der Waals surface area contributed by atoms with Gasteiger partial charge in [0.25, 0.3) is 0 Å². The Labute approximate surface area is 146 Å². The maximum Gasteiger partial charge on any atom is 0.151 e. The first kappa shape index (κ1) is 16.4. The van der Waals surface area contributed by atoms with Crippen LogP contribution in [-0.4, -0.2) is 49.5 Å². The molecule has 1 aromatic heterocycles. The molecule has 0 N–H and O–H groups in total. The Hall–Kier alpha value is -2.46. The number of hydrogen-bond acceptors (Lipinski definition) is 7. The zero-order valence-electron chi connectivity index (χ0n) is 13.8. The van der Waals surface area contributed by atoms with E-state index in [4.69, 9.17) is 4.74 Å².